The van der Waals surface area contributed by atoms with Crippen molar-refractivity contribution in [3.8, 4) is 11.3 Å². The number of halogens is 3. The topological polar surface area (TPSA) is 102 Å². The molecule has 1 radical (unpaired) electrons. The van der Waals surface area contributed by atoms with Gasteiger partial charge in [-0.2, -0.15) is 23.4 Å². The van der Waals surface area contributed by atoms with Crippen LogP contribution in [0.5, 0.6) is 0 Å². The molecule has 35 heavy (non-hydrogen) atoms. The second-order valence-electron chi connectivity index (χ2n) is 10.9. The maximum atomic E-state index is 13.1. The Balaban J connectivity index is 1.68. The molecule has 0 aliphatic carbocycles. The Morgan fingerprint density at radius 2 is 1.77 bits per heavy atom. The maximum absolute atomic E-state index is 13.1. The zero-order valence-corrected chi connectivity index (χ0v) is 19.8. The van der Waals surface area contributed by atoms with Crippen molar-refractivity contribution in [2.45, 2.75) is 64.5 Å². The van der Waals surface area contributed by atoms with Gasteiger partial charge in [0, 0.05) is 34.4 Å². The second-order valence-corrected chi connectivity index (χ2v) is 10.9. The van der Waals surface area contributed by atoms with Crippen LogP contribution in [0.25, 0.3) is 11.3 Å². The predicted molar refractivity (Wildman–Crippen MR) is 112 cm³/mol. The normalized spacial score (nSPS) is 30.2. The summed E-state index contributed by atoms with van der Waals surface area (Å²) < 4.78 is 50.1. The van der Waals surface area contributed by atoms with E-state index in [0.717, 1.165) is 6.07 Å². The van der Waals surface area contributed by atoms with E-state index >= 15 is 0 Å². The summed E-state index contributed by atoms with van der Waals surface area (Å²) in [6, 6.07) is 5.53. The summed E-state index contributed by atoms with van der Waals surface area (Å²) in [5.41, 5.74) is -0.949. The zero-order chi connectivity index (χ0) is 25.6. The fraction of sp³-hybridized carbons (Fsp3) is 0.542. The van der Waals surface area contributed by atoms with Crippen LogP contribution in [0.4, 0.5) is 13.2 Å². The molecule has 3 unspecified atom stereocenters. The molecule has 3 fully saturated rings. The van der Waals surface area contributed by atoms with Crippen molar-refractivity contribution in [1.82, 2.24) is 10.5 Å². The summed E-state index contributed by atoms with van der Waals surface area (Å²) >= 11 is 0. The van der Waals surface area contributed by atoms with Crippen molar-refractivity contribution in [3.63, 3.8) is 0 Å². The lowest BCUT2D eigenvalue weighted by Gasteiger charge is -2.61. The highest BCUT2D eigenvalue weighted by molar-refractivity contribution is 6.06. The fourth-order valence-corrected chi connectivity index (χ4v) is 5.81. The Morgan fingerprint density at radius 3 is 2.29 bits per heavy atom. The second kappa shape index (κ2) is 7.14. The molecule has 4 heterocycles. The molecule has 3 aliphatic heterocycles. The van der Waals surface area contributed by atoms with Crippen molar-refractivity contribution in [2.24, 2.45) is 10.8 Å². The van der Waals surface area contributed by atoms with Crippen molar-refractivity contribution in [2.75, 3.05) is 6.61 Å². The van der Waals surface area contributed by atoms with Crippen LogP contribution in [-0.4, -0.2) is 29.2 Å². The number of amides is 2. The minimum Gasteiger partial charge on any atom is -0.351 e. The van der Waals surface area contributed by atoms with Crippen LogP contribution in [0.2, 0.25) is 0 Å². The molecule has 3 saturated heterocycles. The maximum Gasteiger partial charge on any atom is 0.452 e. The smallest absolute Gasteiger partial charge is 0.351 e. The Kier molecular flexibility index (Phi) is 4.89. The van der Waals surface area contributed by atoms with Crippen molar-refractivity contribution in [1.29, 1.82) is 0 Å². The molecule has 1 aromatic carbocycles. The first-order chi connectivity index (χ1) is 16.1. The van der Waals surface area contributed by atoms with E-state index in [4.69, 9.17) is 14.5 Å². The van der Waals surface area contributed by atoms with Crippen molar-refractivity contribution >= 4 is 11.8 Å². The average Bonchev–Trinajstić information content (AvgIpc) is 3.36. The number of imide groups is 1. The minimum atomic E-state index is -4.73. The number of nitrogens with zero attached hydrogens (tertiary/aromatic N) is 2. The number of fused-ring (bicyclic) bond motifs is 1. The molecule has 5 rings (SSSR count). The summed E-state index contributed by atoms with van der Waals surface area (Å²) in [5, 5.41) is 7.06. The highest BCUT2D eigenvalue weighted by atomic mass is 19.4. The van der Waals surface area contributed by atoms with E-state index in [1.54, 1.807) is 12.1 Å². The minimum absolute atomic E-state index is 0.121. The van der Waals surface area contributed by atoms with Gasteiger partial charge in [0.15, 0.2) is 5.60 Å². The van der Waals surface area contributed by atoms with Crippen LogP contribution < -0.4 is 5.32 Å². The molecule has 0 saturated carbocycles. The van der Waals surface area contributed by atoms with Gasteiger partial charge in [0.25, 0.3) is 11.7 Å². The summed E-state index contributed by atoms with van der Waals surface area (Å²) in [5.74, 6) is -4.87. The molecular formula is C24H24F3N2O6. The molecule has 11 heteroatoms. The average molecular weight is 493 g/mol. The van der Waals surface area contributed by atoms with E-state index in [0.29, 0.717) is 12.2 Å². The number of aromatic nitrogens is 1. The molecule has 8 nitrogen and oxygen atoms in total. The van der Waals surface area contributed by atoms with Crippen LogP contribution >= 0.6 is 0 Å². The predicted octanol–water partition coefficient (Wildman–Crippen LogP) is 4.46. The van der Waals surface area contributed by atoms with Crippen LogP contribution in [0, 0.1) is 10.8 Å². The van der Waals surface area contributed by atoms with Crippen LogP contribution in [0.1, 0.15) is 63.8 Å². The van der Waals surface area contributed by atoms with Crippen LogP contribution in [0.3, 0.4) is 0 Å². The Labute approximate surface area is 199 Å². The number of benzene rings is 1. The molecule has 3 atom stereocenters. The van der Waals surface area contributed by atoms with Crippen molar-refractivity contribution in [3.05, 3.63) is 41.2 Å². The van der Waals surface area contributed by atoms with Gasteiger partial charge in [0.2, 0.25) is 11.7 Å². The number of carbonyl (C=O) groups is 2. The number of hydrogen-bond donors (Lipinski definition) is 0. The van der Waals surface area contributed by atoms with Gasteiger partial charge in [-0.3, -0.25) is 9.59 Å². The van der Waals surface area contributed by atoms with Gasteiger partial charge >= 0.3 is 6.18 Å². The zero-order valence-electron chi connectivity index (χ0n) is 19.8. The van der Waals surface area contributed by atoms with Crippen LogP contribution in [-0.2, 0) is 36.1 Å². The number of rotatable bonds is 3. The van der Waals surface area contributed by atoms with Gasteiger partial charge in [-0.05, 0) is 11.6 Å². The Bertz CT molecular complexity index is 1230. The van der Waals surface area contributed by atoms with E-state index < -0.39 is 51.9 Å². The quantitative estimate of drug-likeness (QED) is 0.460. The number of carbonyl (C=O) groups excluding carboxylic acids is 2. The van der Waals surface area contributed by atoms with Gasteiger partial charge in [0.1, 0.15) is 5.69 Å². The summed E-state index contributed by atoms with van der Waals surface area (Å²) in [4.78, 5) is 36.0. The molecule has 1 aromatic heterocycles. The summed E-state index contributed by atoms with van der Waals surface area (Å²) in [7, 11) is 0. The summed E-state index contributed by atoms with van der Waals surface area (Å²) in [6.45, 7) is 10.3. The fourth-order valence-electron chi connectivity index (χ4n) is 5.81. The van der Waals surface area contributed by atoms with Gasteiger partial charge in [-0.15, -0.1) is 0 Å². The number of ether oxygens (including phenoxy) is 1. The molecule has 2 amide bonds. The highest BCUT2D eigenvalue weighted by Crippen LogP contribution is 2.69. The van der Waals surface area contributed by atoms with E-state index in [9.17, 15) is 22.8 Å². The van der Waals surface area contributed by atoms with Crippen LogP contribution in [0.15, 0.2) is 28.8 Å². The van der Waals surface area contributed by atoms with Gasteiger partial charge in [-0.25, -0.2) is 4.89 Å². The lowest BCUT2D eigenvalue weighted by molar-refractivity contribution is -0.626. The summed E-state index contributed by atoms with van der Waals surface area (Å²) in [6.07, 6.45) is -4.94. The van der Waals surface area contributed by atoms with Gasteiger partial charge in [-0.1, -0.05) is 51.9 Å². The first-order valence-corrected chi connectivity index (χ1v) is 11.1. The first kappa shape index (κ1) is 24.0. The highest BCUT2D eigenvalue weighted by Gasteiger charge is 2.81. The largest absolute Gasteiger partial charge is 0.452 e. The van der Waals surface area contributed by atoms with Gasteiger partial charge in [0.05, 0.1) is 12.5 Å². The van der Waals surface area contributed by atoms with Crippen molar-refractivity contribution < 1.29 is 41.8 Å². The standard InChI is InChI=1S/C24H24F3N2O6/c1-20(2,3)24-21(4,5)11-32-22(24,34-35-24)12-6-7-13(16-10-17(33-29-16)23(25,26)27)14(8-12)15-9-18(30)28-19(15)31/h6-8,10,15H,9,11H2,1-5H3. The third kappa shape index (κ3) is 3.14. The molecule has 2 aromatic rings. The van der Waals surface area contributed by atoms with E-state index in [2.05, 4.69) is 15.0 Å². The lowest BCUT2D eigenvalue weighted by Crippen LogP contribution is -2.73. The SMILES string of the molecule is CC(C)(C)C12OOC1(c1ccc(-c3cc(C(F)(F)F)on3)c(C3CC(=O)[N]C3=O)c1)OCC2(C)C. The van der Waals surface area contributed by atoms with E-state index in [1.807, 2.05) is 34.6 Å². The monoisotopic (exact) mass is 493 g/mol. The first-order valence-electron chi connectivity index (χ1n) is 11.1. The molecule has 0 N–H and O–H groups in total. The Hall–Kier alpha value is -2.76. The number of hydrogen-bond acceptors (Lipinski definition) is 7. The third-order valence-electron chi connectivity index (χ3n) is 7.18. The van der Waals surface area contributed by atoms with Gasteiger partial charge < -0.3 is 9.26 Å². The molecular weight excluding hydrogens is 469 g/mol. The molecule has 3 aliphatic rings. The number of alkyl halides is 3. The van der Waals surface area contributed by atoms with E-state index in [1.165, 1.54) is 6.07 Å². The van der Waals surface area contributed by atoms with E-state index in [-0.39, 0.29) is 23.2 Å². The third-order valence-corrected chi connectivity index (χ3v) is 7.18. The molecule has 0 spiro atoms. The molecule has 187 valence electrons. The molecule has 0 bridgehead atoms. The lowest BCUT2D eigenvalue weighted by atomic mass is 9.57. The Morgan fingerprint density at radius 1 is 1.06 bits per heavy atom.